The molecule has 2 aliphatic rings. The Morgan fingerprint density at radius 3 is 2.52 bits per heavy atom. The van der Waals surface area contributed by atoms with E-state index in [1.807, 2.05) is 30.3 Å². The van der Waals surface area contributed by atoms with Gasteiger partial charge < -0.3 is 15.3 Å². The smallest absolute Gasteiger partial charge is 0.319 e. The molecule has 1 aliphatic carbocycles. The molecule has 2 fully saturated rings. The van der Waals surface area contributed by atoms with E-state index in [0.717, 1.165) is 42.4 Å². The van der Waals surface area contributed by atoms with Gasteiger partial charge in [-0.2, -0.15) is 5.26 Å². The number of nitriles is 1. The number of rotatable bonds is 4. The summed E-state index contributed by atoms with van der Waals surface area (Å²) in [5, 5.41) is 22.6. The van der Waals surface area contributed by atoms with Gasteiger partial charge in [0.1, 0.15) is 11.9 Å². The molecule has 1 heterocycles. The van der Waals surface area contributed by atoms with Crippen LogP contribution in [-0.2, 0) is 0 Å². The molecule has 1 saturated heterocycles. The van der Waals surface area contributed by atoms with Crippen molar-refractivity contribution in [2.24, 2.45) is 0 Å². The zero-order valence-corrected chi connectivity index (χ0v) is 16.1. The minimum Gasteiger partial charge on any atom is -0.394 e. The van der Waals surface area contributed by atoms with E-state index >= 15 is 0 Å². The van der Waals surface area contributed by atoms with Crippen molar-refractivity contribution in [3.63, 3.8) is 0 Å². The van der Waals surface area contributed by atoms with E-state index in [9.17, 15) is 19.6 Å². The van der Waals surface area contributed by atoms with E-state index in [-0.39, 0.29) is 30.4 Å². The van der Waals surface area contributed by atoms with Crippen LogP contribution in [-0.4, -0.2) is 40.8 Å². The topological polar surface area (TPSA) is 76.4 Å². The van der Waals surface area contributed by atoms with Crippen LogP contribution < -0.4 is 5.32 Å². The summed E-state index contributed by atoms with van der Waals surface area (Å²) >= 11 is 0. The van der Waals surface area contributed by atoms with E-state index in [4.69, 9.17) is 0 Å². The van der Waals surface area contributed by atoms with Crippen LogP contribution in [0.2, 0.25) is 0 Å². The van der Waals surface area contributed by atoms with Gasteiger partial charge in [0.05, 0.1) is 18.7 Å². The predicted octanol–water partition coefficient (Wildman–Crippen LogP) is 3.80. The molecule has 1 aliphatic heterocycles. The first kappa shape index (κ1) is 19.4. The zero-order chi connectivity index (χ0) is 20.4. The fourth-order valence-corrected chi connectivity index (χ4v) is 4.57. The molecule has 4 rings (SSSR count). The Morgan fingerprint density at radius 2 is 1.90 bits per heavy atom. The quantitative estimate of drug-likeness (QED) is 0.830. The van der Waals surface area contributed by atoms with Crippen molar-refractivity contribution >= 4 is 6.03 Å². The van der Waals surface area contributed by atoms with Crippen molar-refractivity contribution in [2.45, 2.75) is 49.7 Å². The van der Waals surface area contributed by atoms with Gasteiger partial charge in [-0.3, -0.25) is 0 Å². The third kappa shape index (κ3) is 3.70. The Hall–Kier alpha value is -2.91. The fourth-order valence-electron chi connectivity index (χ4n) is 4.57. The van der Waals surface area contributed by atoms with Gasteiger partial charge in [-0.05, 0) is 41.7 Å². The van der Waals surface area contributed by atoms with Crippen LogP contribution >= 0.6 is 0 Å². The fraction of sp³-hybridized carbons (Fsp3) is 0.391. The molecule has 2 aromatic carbocycles. The van der Waals surface area contributed by atoms with Gasteiger partial charge in [-0.1, -0.05) is 49.2 Å². The standard InChI is InChI=1S/C23H24FN3O2/c24-18-5-3-4-17(12-18)15-8-10-16(11-9-15)22-20(13-25)27(21(22)14-28)23(29)26-19-6-1-2-7-19/h3-5,8-12,19-22,28H,1-2,6-7,14H2,(H,26,29)/t20-,21+,22-/m1/s1. The Morgan fingerprint density at radius 1 is 1.17 bits per heavy atom. The molecule has 1 saturated carbocycles. The summed E-state index contributed by atoms with van der Waals surface area (Å²) in [6, 6.07) is 15.0. The molecule has 3 atom stereocenters. The highest BCUT2D eigenvalue weighted by molar-refractivity contribution is 5.78. The highest BCUT2D eigenvalue weighted by atomic mass is 19.1. The average molecular weight is 393 g/mol. The molecule has 0 radical (unpaired) electrons. The summed E-state index contributed by atoms with van der Waals surface area (Å²) in [4.78, 5) is 14.2. The van der Waals surface area contributed by atoms with Crippen LogP contribution in [0.25, 0.3) is 11.1 Å². The maximum Gasteiger partial charge on any atom is 0.319 e. The second kappa shape index (κ2) is 8.22. The van der Waals surface area contributed by atoms with E-state index in [0.29, 0.717) is 0 Å². The van der Waals surface area contributed by atoms with Gasteiger partial charge in [0.15, 0.2) is 0 Å². The lowest BCUT2D eigenvalue weighted by Crippen LogP contribution is -2.67. The molecule has 0 aromatic heterocycles. The Kier molecular flexibility index (Phi) is 5.50. The van der Waals surface area contributed by atoms with Crippen LogP contribution in [0, 0.1) is 17.1 Å². The molecule has 0 unspecified atom stereocenters. The summed E-state index contributed by atoms with van der Waals surface area (Å²) in [5.74, 6) is -0.541. The van der Waals surface area contributed by atoms with Crippen molar-refractivity contribution in [3.8, 4) is 17.2 Å². The first-order valence-electron chi connectivity index (χ1n) is 10.1. The number of benzene rings is 2. The van der Waals surface area contributed by atoms with Gasteiger partial charge in [0.2, 0.25) is 0 Å². The molecular formula is C23H24FN3O2. The van der Waals surface area contributed by atoms with Crippen LogP contribution in [0.1, 0.15) is 37.2 Å². The van der Waals surface area contributed by atoms with Crippen LogP contribution in [0.5, 0.6) is 0 Å². The lowest BCUT2D eigenvalue weighted by atomic mass is 9.75. The molecule has 5 nitrogen and oxygen atoms in total. The maximum atomic E-state index is 13.5. The average Bonchev–Trinajstić information content (AvgIpc) is 3.21. The van der Waals surface area contributed by atoms with E-state index in [1.54, 1.807) is 6.07 Å². The molecule has 150 valence electrons. The zero-order valence-electron chi connectivity index (χ0n) is 16.1. The summed E-state index contributed by atoms with van der Waals surface area (Å²) in [6.45, 7) is -0.202. The van der Waals surface area contributed by atoms with Crippen molar-refractivity contribution in [1.29, 1.82) is 5.26 Å². The van der Waals surface area contributed by atoms with Gasteiger partial charge in [0.25, 0.3) is 0 Å². The third-order valence-corrected chi connectivity index (χ3v) is 6.10. The Labute approximate surface area is 169 Å². The van der Waals surface area contributed by atoms with E-state index < -0.39 is 12.1 Å². The minimum absolute atomic E-state index is 0.158. The second-order valence-corrected chi connectivity index (χ2v) is 7.82. The normalized spacial score (nSPS) is 24.0. The largest absolute Gasteiger partial charge is 0.394 e. The maximum absolute atomic E-state index is 13.5. The van der Waals surface area contributed by atoms with Crippen molar-refractivity contribution in [2.75, 3.05) is 6.61 Å². The van der Waals surface area contributed by atoms with Crippen molar-refractivity contribution in [3.05, 3.63) is 59.9 Å². The summed E-state index contributed by atoms with van der Waals surface area (Å²) in [5.41, 5.74) is 2.54. The number of halogens is 1. The van der Waals surface area contributed by atoms with Crippen LogP contribution in [0.3, 0.4) is 0 Å². The minimum atomic E-state index is -0.617. The first-order chi connectivity index (χ1) is 14.1. The summed E-state index contributed by atoms with van der Waals surface area (Å²) in [7, 11) is 0. The second-order valence-electron chi connectivity index (χ2n) is 7.82. The number of hydrogen-bond donors (Lipinski definition) is 2. The SMILES string of the molecule is N#C[C@@H]1[C@@H](c2ccc(-c3cccc(F)c3)cc2)[C@H](CO)N1C(=O)NC1CCCC1. The van der Waals surface area contributed by atoms with Gasteiger partial charge in [-0.25, -0.2) is 9.18 Å². The number of nitrogens with zero attached hydrogens (tertiary/aromatic N) is 2. The monoisotopic (exact) mass is 393 g/mol. The molecule has 6 heteroatoms. The number of carbonyl (C=O) groups is 1. The van der Waals surface area contributed by atoms with Crippen LogP contribution in [0.15, 0.2) is 48.5 Å². The number of aliphatic hydroxyl groups excluding tert-OH is 1. The summed E-state index contributed by atoms with van der Waals surface area (Å²) in [6.07, 6.45) is 4.14. The molecule has 29 heavy (non-hydrogen) atoms. The number of nitrogens with one attached hydrogen (secondary N) is 1. The highest BCUT2D eigenvalue weighted by Crippen LogP contribution is 2.41. The number of carbonyl (C=O) groups excluding carboxylic acids is 1. The Bertz CT molecular complexity index is 918. The van der Waals surface area contributed by atoms with Crippen molar-refractivity contribution < 1.29 is 14.3 Å². The van der Waals surface area contributed by atoms with Gasteiger partial charge in [0, 0.05) is 12.0 Å². The predicted molar refractivity (Wildman–Crippen MR) is 107 cm³/mol. The molecule has 2 amide bonds. The molecule has 0 spiro atoms. The van der Waals surface area contributed by atoms with Crippen LogP contribution in [0.4, 0.5) is 9.18 Å². The highest BCUT2D eigenvalue weighted by Gasteiger charge is 2.52. The summed E-state index contributed by atoms with van der Waals surface area (Å²) < 4.78 is 13.5. The number of amides is 2. The molecule has 2 N–H and O–H groups in total. The number of urea groups is 1. The van der Waals surface area contributed by atoms with E-state index in [2.05, 4.69) is 11.4 Å². The lowest BCUT2D eigenvalue weighted by Gasteiger charge is -2.51. The van der Waals surface area contributed by atoms with Gasteiger partial charge >= 0.3 is 6.03 Å². The number of aliphatic hydroxyl groups is 1. The molecular weight excluding hydrogens is 369 g/mol. The molecule has 2 aromatic rings. The third-order valence-electron chi connectivity index (χ3n) is 6.10. The van der Waals surface area contributed by atoms with E-state index in [1.165, 1.54) is 17.0 Å². The number of likely N-dealkylation sites (tertiary alicyclic amines) is 1. The first-order valence-corrected chi connectivity index (χ1v) is 10.1. The van der Waals surface area contributed by atoms with Crippen molar-refractivity contribution in [1.82, 2.24) is 10.2 Å². The number of hydrogen-bond acceptors (Lipinski definition) is 3. The molecule has 0 bridgehead atoms. The van der Waals surface area contributed by atoms with Gasteiger partial charge in [-0.15, -0.1) is 0 Å². The Balaban J connectivity index is 1.51. The lowest BCUT2D eigenvalue weighted by molar-refractivity contribution is 0.0158.